The molecule has 138 valence electrons. The number of hydrogen-bond donors (Lipinski definition) is 2. The SMILES string of the molecule is COCCN1C(=O)C(NC(=O)c2ccccc2)CCC1(O)C(F)(F)F. The van der Waals surface area contributed by atoms with E-state index in [4.69, 9.17) is 4.74 Å². The fourth-order valence-corrected chi connectivity index (χ4v) is 2.71. The van der Waals surface area contributed by atoms with Crippen LogP contribution in [0.25, 0.3) is 0 Å². The van der Waals surface area contributed by atoms with E-state index in [0.717, 1.165) is 0 Å². The number of nitrogens with zero attached hydrogens (tertiary/aromatic N) is 1. The molecule has 0 aliphatic carbocycles. The molecule has 1 aliphatic rings. The molecule has 1 aromatic carbocycles. The maximum atomic E-state index is 13.3. The van der Waals surface area contributed by atoms with E-state index < -0.39 is 42.7 Å². The molecule has 2 amide bonds. The Balaban J connectivity index is 2.18. The quantitative estimate of drug-likeness (QED) is 0.830. The number of ether oxygens (including phenoxy) is 1. The lowest BCUT2D eigenvalue weighted by atomic mass is 9.93. The smallest absolute Gasteiger partial charge is 0.383 e. The highest BCUT2D eigenvalue weighted by Gasteiger charge is 2.61. The van der Waals surface area contributed by atoms with Gasteiger partial charge in [-0.25, -0.2) is 0 Å². The Morgan fingerprint density at radius 3 is 2.60 bits per heavy atom. The Labute approximate surface area is 142 Å². The molecule has 25 heavy (non-hydrogen) atoms. The van der Waals surface area contributed by atoms with E-state index in [1.54, 1.807) is 18.2 Å². The minimum absolute atomic E-state index is 0.177. The van der Waals surface area contributed by atoms with Gasteiger partial charge < -0.3 is 20.1 Å². The summed E-state index contributed by atoms with van der Waals surface area (Å²) in [7, 11) is 1.27. The molecule has 2 rings (SSSR count). The summed E-state index contributed by atoms with van der Waals surface area (Å²) in [6, 6.07) is 6.87. The molecular weight excluding hydrogens is 341 g/mol. The number of likely N-dealkylation sites (tertiary alicyclic amines) is 1. The highest BCUT2D eigenvalue weighted by Crippen LogP contribution is 2.40. The average molecular weight is 360 g/mol. The van der Waals surface area contributed by atoms with Crippen molar-refractivity contribution in [1.29, 1.82) is 0 Å². The van der Waals surface area contributed by atoms with E-state index in [9.17, 15) is 27.9 Å². The van der Waals surface area contributed by atoms with Crippen molar-refractivity contribution in [2.45, 2.75) is 30.8 Å². The van der Waals surface area contributed by atoms with E-state index >= 15 is 0 Å². The summed E-state index contributed by atoms with van der Waals surface area (Å²) in [6.07, 6.45) is -6.06. The zero-order valence-corrected chi connectivity index (χ0v) is 13.5. The van der Waals surface area contributed by atoms with Gasteiger partial charge in [-0.2, -0.15) is 13.2 Å². The summed E-state index contributed by atoms with van der Waals surface area (Å²) in [6.45, 7) is -0.619. The average Bonchev–Trinajstić information content (AvgIpc) is 2.57. The molecule has 1 heterocycles. The second-order valence-electron chi connectivity index (χ2n) is 5.73. The maximum Gasteiger partial charge on any atom is 0.436 e. The van der Waals surface area contributed by atoms with Crippen LogP contribution in [0.15, 0.2) is 30.3 Å². The van der Waals surface area contributed by atoms with Gasteiger partial charge in [-0.1, -0.05) is 18.2 Å². The van der Waals surface area contributed by atoms with Crippen LogP contribution in [0.2, 0.25) is 0 Å². The minimum Gasteiger partial charge on any atom is -0.383 e. The Morgan fingerprint density at radius 1 is 1.40 bits per heavy atom. The van der Waals surface area contributed by atoms with Crippen LogP contribution in [-0.4, -0.2) is 60.0 Å². The Kier molecular flexibility index (Phi) is 5.69. The van der Waals surface area contributed by atoms with Gasteiger partial charge >= 0.3 is 6.18 Å². The summed E-state index contributed by atoms with van der Waals surface area (Å²) < 4.78 is 44.5. The van der Waals surface area contributed by atoms with E-state index in [0.29, 0.717) is 4.90 Å². The summed E-state index contributed by atoms with van der Waals surface area (Å²) in [5, 5.41) is 12.5. The van der Waals surface area contributed by atoms with E-state index in [-0.39, 0.29) is 18.6 Å². The predicted octanol–water partition coefficient (Wildman–Crippen LogP) is 1.30. The Bertz CT molecular complexity index is 624. The number of alkyl halides is 3. The van der Waals surface area contributed by atoms with Gasteiger partial charge in [0.25, 0.3) is 5.91 Å². The first kappa shape index (κ1) is 19.2. The Morgan fingerprint density at radius 2 is 2.04 bits per heavy atom. The van der Waals surface area contributed by atoms with Gasteiger partial charge in [0.2, 0.25) is 11.6 Å². The number of amides is 2. The third-order valence-corrected chi connectivity index (χ3v) is 4.11. The third kappa shape index (κ3) is 3.93. The van der Waals surface area contributed by atoms with Crippen molar-refractivity contribution in [3.63, 3.8) is 0 Å². The number of methoxy groups -OCH3 is 1. The fourth-order valence-electron chi connectivity index (χ4n) is 2.71. The summed E-state index contributed by atoms with van der Waals surface area (Å²) in [4.78, 5) is 24.9. The lowest BCUT2D eigenvalue weighted by Gasteiger charge is -2.46. The molecule has 6 nitrogen and oxygen atoms in total. The lowest BCUT2D eigenvalue weighted by molar-refractivity contribution is -0.318. The largest absolute Gasteiger partial charge is 0.436 e. The number of carbonyl (C=O) groups excluding carboxylic acids is 2. The predicted molar refractivity (Wildman–Crippen MR) is 81.5 cm³/mol. The number of benzene rings is 1. The lowest BCUT2D eigenvalue weighted by Crippen LogP contribution is -2.68. The summed E-state index contributed by atoms with van der Waals surface area (Å²) in [5.41, 5.74) is -2.98. The number of piperidine rings is 1. The van der Waals surface area contributed by atoms with Gasteiger partial charge in [-0.15, -0.1) is 0 Å². The molecule has 9 heteroatoms. The molecular formula is C16H19F3N2O4. The molecule has 0 aromatic heterocycles. The summed E-state index contributed by atoms with van der Waals surface area (Å²) >= 11 is 0. The fraction of sp³-hybridized carbons (Fsp3) is 0.500. The van der Waals surface area contributed by atoms with Crippen LogP contribution in [-0.2, 0) is 9.53 Å². The van der Waals surface area contributed by atoms with Crippen molar-refractivity contribution in [3.05, 3.63) is 35.9 Å². The first-order valence-electron chi connectivity index (χ1n) is 7.66. The molecule has 0 saturated carbocycles. The molecule has 0 radical (unpaired) electrons. The molecule has 2 unspecified atom stereocenters. The van der Waals surface area contributed by atoms with Crippen molar-refractivity contribution < 1.29 is 32.6 Å². The maximum absolute atomic E-state index is 13.3. The van der Waals surface area contributed by atoms with Crippen LogP contribution in [0.4, 0.5) is 13.2 Å². The topological polar surface area (TPSA) is 78.9 Å². The van der Waals surface area contributed by atoms with Crippen molar-refractivity contribution in [2.24, 2.45) is 0 Å². The second kappa shape index (κ2) is 7.40. The number of nitrogens with one attached hydrogen (secondary N) is 1. The molecule has 0 spiro atoms. The van der Waals surface area contributed by atoms with Crippen LogP contribution in [0.5, 0.6) is 0 Å². The van der Waals surface area contributed by atoms with Gasteiger partial charge in [0, 0.05) is 25.6 Å². The first-order valence-corrected chi connectivity index (χ1v) is 7.66. The van der Waals surface area contributed by atoms with Crippen LogP contribution in [0.3, 0.4) is 0 Å². The van der Waals surface area contributed by atoms with E-state index in [1.807, 2.05) is 0 Å². The van der Waals surface area contributed by atoms with Crippen molar-refractivity contribution in [2.75, 3.05) is 20.3 Å². The highest BCUT2D eigenvalue weighted by atomic mass is 19.4. The molecule has 0 bridgehead atoms. The van der Waals surface area contributed by atoms with Gasteiger partial charge in [-0.05, 0) is 18.6 Å². The normalized spacial score (nSPS) is 24.3. The van der Waals surface area contributed by atoms with Crippen molar-refractivity contribution >= 4 is 11.8 Å². The minimum atomic E-state index is -5.01. The van der Waals surface area contributed by atoms with Crippen molar-refractivity contribution in [3.8, 4) is 0 Å². The Hall–Kier alpha value is -2.13. The second-order valence-corrected chi connectivity index (χ2v) is 5.73. The molecule has 1 aromatic rings. The molecule has 1 fully saturated rings. The summed E-state index contributed by atoms with van der Waals surface area (Å²) in [5.74, 6) is -1.56. The van der Waals surface area contributed by atoms with Crippen LogP contribution >= 0.6 is 0 Å². The van der Waals surface area contributed by atoms with E-state index in [2.05, 4.69) is 5.32 Å². The van der Waals surface area contributed by atoms with Crippen molar-refractivity contribution in [1.82, 2.24) is 10.2 Å². The number of halogens is 3. The van der Waals surface area contributed by atoms with Crippen LogP contribution in [0, 0.1) is 0 Å². The van der Waals surface area contributed by atoms with Gasteiger partial charge in [0.1, 0.15) is 6.04 Å². The first-order chi connectivity index (χ1) is 11.7. The van der Waals surface area contributed by atoms with Crippen LogP contribution < -0.4 is 5.32 Å². The molecule has 2 N–H and O–H groups in total. The molecule has 2 atom stereocenters. The number of aliphatic hydroxyl groups is 1. The third-order valence-electron chi connectivity index (χ3n) is 4.11. The standard InChI is InChI=1S/C16H19F3N2O4/c1-25-10-9-21-14(23)12(7-8-15(21,24)16(17,18)19)20-13(22)11-5-3-2-4-6-11/h2-6,12,24H,7-10H2,1H3,(H,20,22). The zero-order chi connectivity index (χ0) is 18.7. The number of rotatable bonds is 5. The highest BCUT2D eigenvalue weighted by molar-refractivity contribution is 5.97. The molecule has 1 saturated heterocycles. The van der Waals surface area contributed by atoms with Crippen LogP contribution in [0.1, 0.15) is 23.2 Å². The monoisotopic (exact) mass is 360 g/mol. The van der Waals surface area contributed by atoms with Gasteiger partial charge in [0.15, 0.2) is 0 Å². The molecule has 1 aliphatic heterocycles. The number of hydrogen-bond acceptors (Lipinski definition) is 4. The van der Waals surface area contributed by atoms with Gasteiger partial charge in [0.05, 0.1) is 6.61 Å². The van der Waals surface area contributed by atoms with E-state index in [1.165, 1.54) is 19.2 Å². The van der Waals surface area contributed by atoms with Gasteiger partial charge in [-0.3, -0.25) is 9.59 Å². The zero-order valence-electron chi connectivity index (χ0n) is 13.5. The number of carbonyl (C=O) groups is 2.